The van der Waals surface area contributed by atoms with Gasteiger partial charge in [0.15, 0.2) is 0 Å². The van der Waals surface area contributed by atoms with Crippen LogP contribution in [0.25, 0.3) is 0 Å². The van der Waals surface area contributed by atoms with E-state index in [1.807, 2.05) is 54.6 Å². The Hall–Kier alpha value is -3.00. The molecule has 0 aliphatic heterocycles. The molecule has 0 aromatic heterocycles. The van der Waals surface area contributed by atoms with Crippen molar-refractivity contribution in [1.29, 1.82) is 0 Å². The van der Waals surface area contributed by atoms with Crippen LogP contribution in [0.15, 0.2) is 54.6 Å². The first kappa shape index (κ1) is 21.3. The molecule has 28 heavy (non-hydrogen) atoms. The first-order valence-corrected chi connectivity index (χ1v) is 9.50. The van der Waals surface area contributed by atoms with Gasteiger partial charge < -0.3 is 20.3 Å². The van der Waals surface area contributed by atoms with E-state index in [2.05, 4.69) is 5.32 Å². The quantitative estimate of drug-likeness (QED) is 0.521. The second kappa shape index (κ2) is 10.4. The van der Waals surface area contributed by atoms with E-state index in [0.717, 1.165) is 16.9 Å². The summed E-state index contributed by atoms with van der Waals surface area (Å²) in [6.07, 6.45) is 0.347. The number of hydrogen-bond acceptors (Lipinski definition) is 5. The van der Waals surface area contributed by atoms with Gasteiger partial charge in [0.2, 0.25) is 11.9 Å². The van der Waals surface area contributed by atoms with E-state index in [-0.39, 0.29) is 0 Å². The van der Waals surface area contributed by atoms with Crippen LogP contribution in [-0.4, -0.2) is 46.5 Å². The van der Waals surface area contributed by atoms with Crippen molar-refractivity contribution in [3.05, 3.63) is 65.7 Å². The topological polar surface area (TPSA) is 113 Å². The Bertz CT molecular complexity index is 795. The summed E-state index contributed by atoms with van der Waals surface area (Å²) in [6, 6.07) is 14.7. The van der Waals surface area contributed by atoms with Crippen molar-refractivity contribution in [3.8, 4) is 5.75 Å². The average molecular weight is 403 g/mol. The number of carboxylic acid groups (broad SMARTS) is 2. The van der Waals surface area contributed by atoms with Crippen molar-refractivity contribution in [1.82, 2.24) is 5.32 Å². The molecule has 0 saturated carbocycles. The average Bonchev–Trinajstić information content (AvgIpc) is 2.69. The molecule has 0 saturated heterocycles. The number of amides is 1. The van der Waals surface area contributed by atoms with Gasteiger partial charge in [-0.2, -0.15) is 0 Å². The summed E-state index contributed by atoms with van der Waals surface area (Å²) < 4.78 is 5.12. The first-order valence-electron chi connectivity index (χ1n) is 8.45. The van der Waals surface area contributed by atoms with Crippen LogP contribution in [0.5, 0.6) is 5.75 Å². The van der Waals surface area contributed by atoms with Gasteiger partial charge in [0, 0.05) is 5.75 Å². The number of nitrogens with one attached hydrogen (secondary N) is 1. The Morgan fingerprint density at radius 2 is 1.57 bits per heavy atom. The molecule has 0 radical (unpaired) electrons. The molecule has 0 heterocycles. The molecule has 1 amide bonds. The zero-order chi connectivity index (χ0) is 20.5. The smallest absolute Gasteiger partial charge is 0.338 e. The van der Waals surface area contributed by atoms with Gasteiger partial charge >= 0.3 is 11.9 Å². The predicted octanol–water partition coefficient (Wildman–Crippen LogP) is 2.19. The minimum atomic E-state index is -1.98. The van der Waals surface area contributed by atoms with Crippen molar-refractivity contribution < 1.29 is 29.3 Å². The fourth-order valence-electron chi connectivity index (χ4n) is 2.44. The van der Waals surface area contributed by atoms with Crippen molar-refractivity contribution in [2.45, 2.75) is 23.5 Å². The van der Waals surface area contributed by atoms with Gasteiger partial charge in [-0.1, -0.05) is 42.5 Å². The molecule has 0 bridgehead atoms. The standard InChI is InChI=1S/C20H21NO6S/c1-27-15-9-7-14(8-10-15)12-28-16(11-13-5-3-2-4-6-13)18(22)21-17(19(23)24)20(25)26/h2-10,16-17H,11-12H2,1H3,(H,21,22)(H,23,24)(H,25,26). The third-order valence-corrected chi connectivity index (χ3v) is 5.23. The molecular weight excluding hydrogens is 382 g/mol. The molecule has 0 aliphatic carbocycles. The molecule has 0 spiro atoms. The molecule has 148 valence electrons. The summed E-state index contributed by atoms with van der Waals surface area (Å²) in [5.41, 5.74) is 1.86. The lowest BCUT2D eigenvalue weighted by Gasteiger charge is -2.18. The molecule has 1 unspecified atom stereocenters. The summed E-state index contributed by atoms with van der Waals surface area (Å²) in [5, 5.41) is 19.5. The third kappa shape index (κ3) is 6.31. The molecule has 0 aliphatic rings. The Labute approximate surface area is 166 Å². The van der Waals surface area contributed by atoms with Crippen LogP contribution in [-0.2, 0) is 26.6 Å². The monoisotopic (exact) mass is 403 g/mol. The summed E-state index contributed by atoms with van der Waals surface area (Å²) in [6.45, 7) is 0. The maximum atomic E-state index is 12.6. The van der Waals surface area contributed by atoms with Crippen LogP contribution >= 0.6 is 11.8 Å². The molecule has 2 rings (SSSR count). The normalized spacial score (nSPS) is 11.6. The Balaban J connectivity index is 2.12. The van der Waals surface area contributed by atoms with Crippen LogP contribution in [0.2, 0.25) is 0 Å². The number of ether oxygens (including phenoxy) is 1. The lowest BCUT2D eigenvalue weighted by atomic mass is 10.1. The first-order chi connectivity index (χ1) is 13.4. The maximum Gasteiger partial charge on any atom is 0.338 e. The Morgan fingerprint density at radius 1 is 0.964 bits per heavy atom. The minimum Gasteiger partial charge on any atom is -0.497 e. The lowest BCUT2D eigenvalue weighted by molar-refractivity contribution is -0.153. The molecule has 3 N–H and O–H groups in total. The zero-order valence-electron chi connectivity index (χ0n) is 15.2. The number of thioether (sulfide) groups is 1. The highest BCUT2D eigenvalue weighted by molar-refractivity contribution is 7.99. The Morgan fingerprint density at radius 3 is 2.11 bits per heavy atom. The van der Waals surface area contributed by atoms with Crippen LogP contribution in [0.3, 0.4) is 0 Å². The molecule has 1 atom stereocenters. The number of rotatable bonds is 10. The van der Waals surface area contributed by atoms with Crippen molar-refractivity contribution in [2.24, 2.45) is 0 Å². The van der Waals surface area contributed by atoms with Gasteiger partial charge in [0.25, 0.3) is 0 Å². The number of carbonyl (C=O) groups is 3. The zero-order valence-corrected chi connectivity index (χ0v) is 16.0. The molecule has 2 aromatic carbocycles. The van der Waals surface area contributed by atoms with Crippen LogP contribution in [0, 0.1) is 0 Å². The van der Waals surface area contributed by atoms with E-state index >= 15 is 0 Å². The van der Waals surface area contributed by atoms with Gasteiger partial charge in [-0.05, 0) is 29.7 Å². The fourth-order valence-corrected chi connectivity index (χ4v) is 3.55. The number of benzene rings is 2. The van der Waals surface area contributed by atoms with Crippen LogP contribution in [0.1, 0.15) is 11.1 Å². The second-order valence-electron chi connectivity index (χ2n) is 5.96. The molecule has 8 heteroatoms. The second-order valence-corrected chi connectivity index (χ2v) is 7.15. The van der Waals surface area contributed by atoms with E-state index in [4.69, 9.17) is 14.9 Å². The summed E-state index contributed by atoms with van der Waals surface area (Å²) in [4.78, 5) is 34.8. The van der Waals surface area contributed by atoms with Gasteiger partial charge in [0.05, 0.1) is 12.4 Å². The van der Waals surface area contributed by atoms with E-state index < -0.39 is 29.1 Å². The predicted molar refractivity (Wildman–Crippen MR) is 105 cm³/mol. The van der Waals surface area contributed by atoms with E-state index in [1.54, 1.807) is 7.11 Å². The maximum absolute atomic E-state index is 12.6. The fraction of sp³-hybridized carbons (Fsp3) is 0.250. The molecule has 2 aromatic rings. The van der Waals surface area contributed by atoms with Gasteiger partial charge in [-0.3, -0.25) is 4.79 Å². The highest BCUT2D eigenvalue weighted by atomic mass is 32.2. The van der Waals surface area contributed by atoms with Crippen molar-refractivity contribution in [2.75, 3.05) is 7.11 Å². The SMILES string of the molecule is COc1ccc(CSC(Cc2ccccc2)C(=O)NC(C(=O)O)C(=O)O)cc1. The number of hydrogen-bond donors (Lipinski definition) is 3. The van der Waals surface area contributed by atoms with Gasteiger partial charge in [-0.15, -0.1) is 11.8 Å². The minimum absolute atomic E-state index is 0.347. The Kier molecular flexibility index (Phi) is 7.88. The summed E-state index contributed by atoms with van der Waals surface area (Å²) in [5.74, 6) is -2.63. The number of carboxylic acids is 2. The van der Waals surface area contributed by atoms with Crippen molar-refractivity contribution in [3.63, 3.8) is 0 Å². The third-order valence-electron chi connectivity index (χ3n) is 3.95. The largest absolute Gasteiger partial charge is 0.497 e. The highest BCUT2D eigenvalue weighted by Gasteiger charge is 2.31. The summed E-state index contributed by atoms with van der Waals surface area (Å²) >= 11 is 1.32. The highest BCUT2D eigenvalue weighted by Crippen LogP contribution is 2.23. The van der Waals surface area contributed by atoms with Crippen LogP contribution in [0.4, 0.5) is 0 Å². The van der Waals surface area contributed by atoms with Crippen molar-refractivity contribution >= 4 is 29.6 Å². The number of aliphatic carboxylic acids is 2. The van der Waals surface area contributed by atoms with E-state index in [1.165, 1.54) is 11.8 Å². The van der Waals surface area contributed by atoms with Crippen LogP contribution < -0.4 is 10.1 Å². The van der Waals surface area contributed by atoms with E-state index in [9.17, 15) is 14.4 Å². The molecule has 7 nitrogen and oxygen atoms in total. The van der Waals surface area contributed by atoms with Gasteiger partial charge in [-0.25, -0.2) is 9.59 Å². The van der Waals surface area contributed by atoms with E-state index in [0.29, 0.717) is 12.2 Å². The number of carbonyl (C=O) groups excluding carboxylic acids is 1. The van der Waals surface area contributed by atoms with Gasteiger partial charge in [0.1, 0.15) is 5.75 Å². The summed E-state index contributed by atoms with van der Waals surface area (Å²) in [7, 11) is 1.57. The number of methoxy groups -OCH3 is 1. The lowest BCUT2D eigenvalue weighted by Crippen LogP contribution is -2.49. The molecular formula is C20H21NO6S. The molecule has 0 fully saturated rings.